The van der Waals surface area contributed by atoms with Crippen molar-refractivity contribution in [2.45, 2.75) is 50.7 Å². The van der Waals surface area contributed by atoms with E-state index in [-0.39, 0.29) is 23.0 Å². The van der Waals surface area contributed by atoms with Gasteiger partial charge in [-0.15, -0.1) is 0 Å². The summed E-state index contributed by atoms with van der Waals surface area (Å²) in [6.07, 6.45) is 1.62. The molecule has 142 valence electrons. The van der Waals surface area contributed by atoms with Gasteiger partial charge in [-0.2, -0.15) is 13.2 Å². The third-order valence-corrected chi connectivity index (χ3v) is 4.23. The van der Waals surface area contributed by atoms with Gasteiger partial charge in [-0.1, -0.05) is 31.4 Å². The van der Waals surface area contributed by atoms with E-state index in [1.165, 1.54) is 36.9 Å². The van der Waals surface area contributed by atoms with E-state index in [9.17, 15) is 18.0 Å². The van der Waals surface area contributed by atoms with E-state index in [4.69, 9.17) is 11.1 Å². The van der Waals surface area contributed by atoms with Gasteiger partial charge in [-0.05, 0) is 30.5 Å². The summed E-state index contributed by atoms with van der Waals surface area (Å²) in [5, 5.41) is 13.9. The average molecular weight is 368 g/mol. The van der Waals surface area contributed by atoms with Gasteiger partial charge in [0.15, 0.2) is 0 Å². The van der Waals surface area contributed by atoms with Crippen molar-refractivity contribution in [1.29, 1.82) is 5.41 Å². The molecule has 0 heterocycles. The minimum atomic E-state index is -4.27. The lowest BCUT2D eigenvalue weighted by atomic mass is 9.95. The third kappa shape index (κ3) is 6.42. The predicted molar refractivity (Wildman–Crippen MR) is 94.8 cm³/mol. The molecule has 0 saturated heterocycles. The first-order valence-corrected chi connectivity index (χ1v) is 8.52. The number of hydrogen-bond acceptors (Lipinski definition) is 3. The molecule has 2 rings (SSSR count). The lowest BCUT2D eigenvalue weighted by molar-refractivity contribution is -0.127. The fraction of sp³-hybridized carbons (Fsp3) is 0.444. The monoisotopic (exact) mass is 368 g/mol. The van der Waals surface area contributed by atoms with Crippen molar-refractivity contribution in [3.63, 3.8) is 0 Å². The van der Waals surface area contributed by atoms with E-state index in [2.05, 4.69) is 10.6 Å². The topological polar surface area (TPSA) is 91.0 Å². The van der Waals surface area contributed by atoms with Crippen molar-refractivity contribution in [1.82, 2.24) is 5.32 Å². The Labute approximate surface area is 150 Å². The minimum Gasteiger partial charge on any atom is -0.387 e. The van der Waals surface area contributed by atoms with E-state index >= 15 is 0 Å². The van der Waals surface area contributed by atoms with Gasteiger partial charge in [0.25, 0.3) is 5.91 Å². The van der Waals surface area contributed by atoms with Crippen molar-refractivity contribution in [3.8, 4) is 0 Å². The lowest BCUT2D eigenvalue weighted by Gasteiger charge is -2.22. The second-order valence-electron chi connectivity index (χ2n) is 6.41. The molecule has 8 heteroatoms. The van der Waals surface area contributed by atoms with Gasteiger partial charge >= 0.3 is 6.18 Å². The van der Waals surface area contributed by atoms with Crippen LogP contribution in [0, 0.1) is 5.41 Å². The number of nitrogens with one attached hydrogen (secondary N) is 3. The highest BCUT2D eigenvalue weighted by molar-refractivity contribution is 6.23. The first-order valence-electron chi connectivity index (χ1n) is 8.52. The van der Waals surface area contributed by atoms with E-state index in [1.807, 2.05) is 0 Å². The Morgan fingerprint density at radius 2 is 1.81 bits per heavy atom. The largest absolute Gasteiger partial charge is 0.393 e. The first-order chi connectivity index (χ1) is 12.2. The summed E-state index contributed by atoms with van der Waals surface area (Å²) in [6.45, 7) is 0. The molecule has 0 spiro atoms. The van der Waals surface area contributed by atoms with Gasteiger partial charge in [0.1, 0.15) is 5.84 Å². The van der Waals surface area contributed by atoms with Crippen LogP contribution in [0.1, 0.15) is 37.7 Å². The summed E-state index contributed by atoms with van der Waals surface area (Å²) in [6, 6.07) is 5.78. The highest BCUT2D eigenvalue weighted by Crippen LogP contribution is 2.22. The summed E-state index contributed by atoms with van der Waals surface area (Å²) in [7, 11) is 0. The molecular formula is C18H23F3N4O. The van der Waals surface area contributed by atoms with Gasteiger partial charge in [-0.25, -0.2) is 0 Å². The van der Waals surface area contributed by atoms with Crippen LogP contribution in [0.5, 0.6) is 0 Å². The summed E-state index contributed by atoms with van der Waals surface area (Å²) in [5.74, 6) is -0.955. The Morgan fingerprint density at radius 3 is 2.35 bits per heavy atom. The van der Waals surface area contributed by atoms with Crippen molar-refractivity contribution in [2.75, 3.05) is 5.32 Å². The van der Waals surface area contributed by atoms with Crippen LogP contribution >= 0.6 is 0 Å². The number of benzene rings is 1. The highest BCUT2D eigenvalue weighted by Gasteiger charge is 2.27. The maximum Gasteiger partial charge on any atom is 0.393 e. The van der Waals surface area contributed by atoms with Crippen molar-refractivity contribution >= 4 is 17.4 Å². The van der Waals surface area contributed by atoms with Crippen LogP contribution in [0.2, 0.25) is 0 Å². The number of nitrogens with two attached hydrogens (primary N) is 1. The van der Waals surface area contributed by atoms with Gasteiger partial charge < -0.3 is 16.4 Å². The highest BCUT2D eigenvalue weighted by atomic mass is 19.4. The number of hydrogen-bond donors (Lipinski definition) is 4. The second-order valence-corrected chi connectivity index (χ2v) is 6.41. The Hall–Kier alpha value is -2.51. The fourth-order valence-corrected chi connectivity index (χ4v) is 2.89. The lowest BCUT2D eigenvalue weighted by Crippen LogP contribution is -2.31. The van der Waals surface area contributed by atoms with Gasteiger partial charge in [0, 0.05) is 17.9 Å². The van der Waals surface area contributed by atoms with Crippen molar-refractivity contribution < 1.29 is 18.0 Å². The van der Waals surface area contributed by atoms with Crippen LogP contribution in [0.25, 0.3) is 0 Å². The number of carbonyl (C=O) groups excluding carboxylic acids is 1. The zero-order valence-corrected chi connectivity index (χ0v) is 14.3. The minimum absolute atomic E-state index is 0.00468. The van der Waals surface area contributed by atoms with Crippen LogP contribution < -0.4 is 16.4 Å². The molecule has 0 radical (unpaired) electrons. The zero-order valence-electron chi connectivity index (χ0n) is 14.3. The Morgan fingerprint density at radius 1 is 1.19 bits per heavy atom. The molecule has 26 heavy (non-hydrogen) atoms. The third-order valence-electron chi connectivity index (χ3n) is 4.23. The number of halogens is 3. The second kappa shape index (κ2) is 8.73. The van der Waals surface area contributed by atoms with Crippen LogP contribution in [-0.4, -0.2) is 24.0 Å². The number of rotatable bonds is 6. The summed E-state index contributed by atoms with van der Waals surface area (Å²) >= 11 is 0. The molecule has 5 nitrogen and oxygen atoms in total. The Balaban J connectivity index is 1.99. The maximum absolute atomic E-state index is 12.4. The zero-order chi connectivity index (χ0) is 19.2. The van der Waals surface area contributed by atoms with Crippen LogP contribution in [0.3, 0.4) is 0 Å². The van der Waals surface area contributed by atoms with E-state index < -0.39 is 18.5 Å². The van der Waals surface area contributed by atoms with Crippen molar-refractivity contribution in [2.24, 2.45) is 5.73 Å². The van der Waals surface area contributed by atoms with Gasteiger partial charge in [0.05, 0.1) is 12.0 Å². The van der Waals surface area contributed by atoms with E-state index in [1.54, 1.807) is 0 Å². The molecule has 0 unspecified atom stereocenters. The molecule has 0 atom stereocenters. The number of amides is 1. The maximum atomic E-state index is 12.4. The molecule has 0 aromatic heterocycles. The normalized spacial score (nSPS) is 16.2. The number of carbonyl (C=O) groups is 1. The molecular weight excluding hydrogens is 345 g/mol. The van der Waals surface area contributed by atoms with Crippen LogP contribution in [-0.2, 0) is 11.2 Å². The molecule has 1 amide bonds. The quantitative estimate of drug-likeness (QED) is 0.352. The molecule has 1 aromatic rings. The van der Waals surface area contributed by atoms with Crippen LogP contribution in [0.4, 0.5) is 18.9 Å². The molecule has 1 saturated carbocycles. The summed E-state index contributed by atoms with van der Waals surface area (Å²) < 4.78 is 37.1. The van der Waals surface area contributed by atoms with Crippen molar-refractivity contribution in [3.05, 3.63) is 41.6 Å². The van der Waals surface area contributed by atoms with Gasteiger partial charge in [0.2, 0.25) is 0 Å². The number of primary amides is 1. The number of alkyl halides is 3. The Bertz CT molecular complexity index is 662. The molecule has 1 fully saturated rings. The van der Waals surface area contributed by atoms with E-state index in [0.717, 1.165) is 25.7 Å². The smallest absolute Gasteiger partial charge is 0.387 e. The molecule has 5 N–H and O–H groups in total. The molecule has 0 bridgehead atoms. The molecule has 1 aromatic carbocycles. The average Bonchev–Trinajstić information content (AvgIpc) is 2.56. The molecule has 1 aliphatic rings. The predicted octanol–water partition coefficient (Wildman–Crippen LogP) is 3.47. The first kappa shape index (κ1) is 19.8. The molecule has 1 aliphatic carbocycles. The number of amidine groups is 1. The summed E-state index contributed by atoms with van der Waals surface area (Å²) in [5.41, 5.74) is 5.88. The van der Waals surface area contributed by atoms with Gasteiger partial charge in [-0.3, -0.25) is 10.2 Å². The Kier molecular flexibility index (Phi) is 6.65. The number of anilines is 1. The summed E-state index contributed by atoms with van der Waals surface area (Å²) in [4.78, 5) is 11.6. The van der Waals surface area contributed by atoms with E-state index in [0.29, 0.717) is 5.69 Å². The fourth-order valence-electron chi connectivity index (χ4n) is 2.89. The molecule has 0 aliphatic heterocycles. The SMILES string of the molecule is N=C(Nc1ccc(CC(F)(F)F)cc1)/C(=C\NC1CCCCC1)C(N)=O. The van der Waals surface area contributed by atoms with Crippen LogP contribution in [0.15, 0.2) is 36.0 Å². The standard InChI is InChI=1S/C18H23F3N4O/c19-18(20,21)10-12-6-8-14(9-7-12)25-16(22)15(17(23)26)11-24-13-4-2-1-3-5-13/h6-9,11,13,24H,1-5,10H2,(H2,22,25)(H2,23,26)/b15-11+.